The minimum absolute atomic E-state index is 0.139. The summed E-state index contributed by atoms with van der Waals surface area (Å²) in [5.41, 5.74) is 8.02. The summed E-state index contributed by atoms with van der Waals surface area (Å²) in [5, 5.41) is 0. The number of aryl methyl sites for hydroxylation is 2. The van der Waals surface area contributed by atoms with Gasteiger partial charge in [-0.25, -0.2) is 0 Å². The highest BCUT2D eigenvalue weighted by atomic mass is 79.9. The van der Waals surface area contributed by atoms with Crippen LogP contribution in [-0.4, -0.2) is 0 Å². The second kappa shape index (κ2) is 6.33. The average Bonchev–Trinajstić information content (AvgIpc) is 2.41. The van der Waals surface area contributed by atoms with Gasteiger partial charge in [-0.2, -0.15) is 0 Å². The monoisotopic (exact) mass is 318 g/mol. The Labute approximate surface area is 123 Å². The Balaban J connectivity index is 2.19. The molecule has 0 saturated heterocycles. The standard InChI is InChI=1S/C16H19BrN2/c1-11-3-6-14(9-12(11)2)16(19-18)10-13-4-7-15(17)8-5-13/h3-9,16,19H,10,18H2,1-2H3. The van der Waals surface area contributed by atoms with Crippen molar-refractivity contribution in [3.63, 3.8) is 0 Å². The lowest BCUT2D eigenvalue weighted by atomic mass is 9.96. The van der Waals surface area contributed by atoms with Crippen LogP contribution in [0.5, 0.6) is 0 Å². The Hall–Kier alpha value is -1.16. The molecular formula is C16H19BrN2. The van der Waals surface area contributed by atoms with E-state index in [1.54, 1.807) is 0 Å². The fourth-order valence-electron chi connectivity index (χ4n) is 2.11. The first-order chi connectivity index (χ1) is 9.10. The molecular weight excluding hydrogens is 300 g/mol. The van der Waals surface area contributed by atoms with E-state index in [1.807, 2.05) is 0 Å². The molecule has 1 unspecified atom stereocenters. The van der Waals surface area contributed by atoms with Gasteiger partial charge in [-0.3, -0.25) is 11.3 Å². The van der Waals surface area contributed by atoms with Gasteiger partial charge in [-0.1, -0.05) is 46.3 Å². The van der Waals surface area contributed by atoms with Crippen molar-refractivity contribution in [2.75, 3.05) is 0 Å². The molecule has 0 saturated carbocycles. The summed E-state index contributed by atoms with van der Waals surface area (Å²) >= 11 is 3.45. The summed E-state index contributed by atoms with van der Waals surface area (Å²) in [6, 6.07) is 15.0. The lowest BCUT2D eigenvalue weighted by Gasteiger charge is -2.17. The van der Waals surface area contributed by atoms with Crippen LogP contribution in [0.2, 0.25) is 0 Å². The summed E-state index contributed by atoms with van der Waals surface area (Å²) in [5.74, 6) is 5.71. The van der Waals surface area contributed by atoms with Crippen molar-refractivity contribution in [2.45, 2.75) is 26.3 Å². The number of hydrogen-bond acceptors (Lipinski definition) is 2. The molecule has 0 spiro atoms. The largest absolute Gasteiger partial charge is 0.271 e. The van der Waals surface area contributed by atoms with Gasteiger partial charge in [0.2, 0.25) is 0 Å². The van der Waals surface area contributed by atoms with E-state index in [0.29, 0.717) is 0 Å². The molecule has 2 nitrogen and oxygen atoms in total. The predicted molar refractivity (Wildman–Crippen MR) is 83.8 cm³/mol. The molecule has 3 heteroatoms. The topological polar surface area (TPSA) is 38.0 Å². The Morgan fingerprint density at radius 2 is 1.74 bits per heavy atom. The summed E-state index contributed by atoms with van der Waals surface area (Å²) in [7, 11) is 0. The number of hydrogen-bond donors (Lipinski definition) is 2. The van der Waals surface area contributed by atoms with Gasteiger partial charge in [0.05, 0.1) is 0 Å². The molecule has 0 aliphatic carbocycles. The maximum absolute atomic E-state index is 5.71. The molecule has 2 rings (SSSR count). The van der Waals surface area contributed by atoms with Gasteiger partial charge in [-0.15, -0.1) is 0 Å². The summed E-state index contributed by atoms with van der Waals surface area (Å²) in [6.45, 7) is 4.25. The minimum Gasteiger partial charge on any atom is -0.271 e. The molecule has 3 N–H and O–H groups in total. The van der Waals surface area contributed by atoms with Crippen LogP contribution in [0.25, 0.3) is 0 Å². The molecule has 0 bridgehead atoms. The van der Waals surface area contributed by atoms with Gasteiger partial charge in [-0.05, 0) is 54.7 Å². The Morgan fingerprint density at radius 3 is 2.32 bits per heavy atom. The Bertz CT molecular complexity index is 549. The Kier molecular flexibility index (Phi) is 4.75. The van der Waals surface area contributed by atoms with Crippen LogP contribution < -0.4 is 11.3 Å². The zero-order valence-corrected chi connectivity index (χ0v) is 12.9. The van der Waals surface area contributed by atoms with E-state index in [1.165, 1.54) is 22.3 Å². The molecule has 2 aromatic rings. The molecule has 0 aliphatic heterocycles. The lowest BCUT2D eigenvalue weighted by Crippen LogP contribution is -2.29. The first kappa shape index (κ1) is 14.3. The molecule has 1 atom stereocenters. The minimum atomic E-state index is 0.139. The van der Waals surface area contributed by atoms with E-state index in [0.717, 1.165) is 10.9 Å². The van der Waals surface area contributed by atoms with Crippen LogP contribution in [0.4, 0.5) is 0 Å². The second-order valence-electron chi connectivity index (χ2n) is 4.89. The van der Waals surface area contributed by atoms with Crippen LogP contribution in [0, 0.1) is 13.8 Å². The van der Waals surface area contributed by atoms with E-state index in [9.17, 15) is 0 Å². The fourth-order valence-corrected chi connectivity index (χ4v) is 2.37. The molecule has 0 amide bonds. The molecule has 19 heavy (non-hydrogen) atoms. The highest BCUT2D eigenvalue weighted by Gasteiger charge is 2.11. The zero-order valence-electron chi connectivity index (χ0n) is 11.3. The van der Waals surface area contributed by atoms with Crippen LogP contribution in [0.15, 0.2) is 46.9 Å². The van der Waals surface area contributed by atoms with Gasteiger partial charge in [0, 0.05) is 10.5 Å². The van der Waals surface area contributed by atoms with Crippen molar-refractivity contribution < 1.29 is 0 Å². The first-order valence-corrected chi connectivity index (χ1v) is 7.17. The van der Waals surface area contributed by atoms with Gasteiger partial charge < -0.3 is 0 Å². The Morgan fingerprint density at radius 1 is 1.05 bits per heavy atom. The van der Waals surface area contributed by atoms with Crippen molar-refractivity contribution in [1.29, 1.82) is 0 Å². The van der Waals surface area contributed by atoms with Gasteiger partial charge in [0.15, 0.2) is 0 Å². The molecule has 0 fully saturated rings. The van der Waals surface area contributed by atoms with E-state index < -0.39 is 0 Å². The summed E-state index contributed by atoms with van der Waals surface area (Å²) in [4.78, 5) is 0. The number of benzene rings is 2. The average molecular weight is 319 g/mol. The van der Waals surface area contributed by atoms with Crippen LogP contribution >= 0.6 is 15.9 Å². The maximum atomic E-state index is 5.71. The molecule has 0 heterocycles. The van der Waals surface area contributed by atoms with E-state index in [-0.39, 0.29) is 6.04 Å². The van der Waals surface area contributed by atoms with E-state index in [4.69, 9.17) is 5.84 Å². The van der Waals surface area contributed by atoms with Gasteiger partial charge in [0.25, 0.3) is 0 Å². The quantitative estimate of drug-likeness (QED) is 0.664. The van der Waals surface area contributed by atoms with Gasteiger partial charge in [0.1, 0.15) is 0 Å². The van der Waals surface area contributed by atoms with Gasteiger partial charge >= 0.3 is 0 Å². The number of nitrogens with two attached hydrogens (primary N) is 1. The van der Waals surface area contributed by atoms with E-state index in [2.05, 4.69) is 77.7 Å². The number of hydrazine groups is 1. The van der Waals surface area contributed by atoms with Crippen LogP contribution in [0.3, 0.4) is 0 Å². The van der Waals surface area contributed by atoms with Crippen molar-refractivity contribution in [3.8, 4) is 0 Å². The number of nitrogens with one attached hydrogen (secondary N) is 1. The molecule has 100 valence electrons. The third-order valence-corrected chi connectivity index (χ3v) is 4.02. The lowest BCUT2D eigenvalue weighted by molar-refractivity contribution is 0.551. The summed E-state index contributed by atoms with van der Waals surface area (Å²) < 4.78 is 1.10. The third-order valence-electron chi connectivity index (χ3n) is 3.49. The predicted octanol–water partition coefficient (Wildman–Crippen LogP) is 3.81. The number of halogens is 1. The summed E-state index contributed by atoms with van der Waals surface area (Å²) in [6.07, 6.45) is 0.881. The second-order valence-corrected chi connectivity index (χ2v) is 5.81. The molecule has 2 aromatic carbocycles. The zero-order chi connectivity index (χ0) is 13.8. The van der Waals surface area contributed by atoms with Crippen molar-refractivity contribution in [3.05, 3.63) is 69.2 Å². The molecule has 0 aromatic heterocycles. The van der Waals surface area contributed by atoms with Crippen molar-refractivity contribution in [1.82, 2.24) is 5.43 Å². The van der Waals surface area contributed by atoms with Crippen LogP contribution in [-0.2, 0) is 6.42 Å². The highest BCUT2D eigenvalue weighted by Crippen LogP contribution is 2.21. The van der Waals surface area contributed by atoms with Crippen LogP contribution in [0.1, 0.15) is 28.3 Å². The van der Waals surface area contributed by atoms with E-state index >= 15 is 0 Å². The van der Waals surface area contributed by atoms with Crippen molar-refractivity contribution >= 4 is 15.9 Å². The maximum Gasteiger partial charge on any atom is 0.0500 e. The SMILES string of the molecule is Cc1ccc(C(Cc2ccc(Br)cc2)NN)cc1C. The first-order valence-electron chi connectivity index (χ1n) is 6.38. The fraction of sp³-hybridized carbons (Fsp3) is 0.250. The smallest absolute Gasteiger partial charge is 0.0500 e. The van der Waals surface area contributed by atoms with Crippen molar-refractivity contribution in [2.24, 2.45) is 5.84 Å². The normalized spacial score (nSPS) is 12.4. The molecule has 0 radical (unpaired) electrons. The highest BCUT2D eigenvalue weighted by molar-refractivity contribution is 9.10. The third kappa shape index (κ3) is 3.66. The molecule has 0 aliphatic rings. The number of rotatable bonds is 4.